The van der Waals surface area contributed by atoms with Gasteiger partial charge < -0.3 is 0 Å². The molecule has 2 aliphatic carbocycles. The zero-order valence-corrected chi connectivity index (χ0v) is 20.0. The van der Waals surface area contributed by atoms with E-state index in [1.165, 1.54) is 89.2 Å². The Hall–Kier alpha value is -1.06. The lowest BCUT2D eigenvalue weighted by Crippen LogP contribution is -2.34. The maximum absolute atomic E-state index is 13.9. The molecule has 2 fully saturated rings. The van der Waals surface area contributed by atoms with Crippen molar-refractivity contribution in [1.82, 2.24) is 0 Å². The molecule has 0 spiro atoms. The first kappa shape index (κ1) is 25.6. The summed E-state index contributed by atoms with van der Waals surface area (Å²) in [6.45, 7) is 2.55. The van der Waals surface area contributed by atoms with Gasteiger partial charge >= 0.3 is 11.8 Å². The van der Waals surface area contributed by atoms with Crippen LogP contribution in [0.3, 0.4) is 0 Å². The maximum Gasteiger partial charge on any atom is 0.335 e. The van der Waals surface area contributed by atoms with Crippen molar-refractivity contribution in [2.45, 2.75) is 122 Å². The van der Waals surface area contributed by atoms with Gasteiger partial charge in [-0.05, 0) is 67.8 Å². The lowest BCUT2D eigenvalue weighted by Gasteiger charge is -2.38. The van der Waals surface area contributed by atoms with Gasteiger partial charge in [-0.2, -0.15) is 17.6 Å². The minimum atomic E-state index is -4.13. The Labute approximate surface area is 192 Å². The van der Waals surface area contributed by atoms with Crippen LogP contribution in [0.25, 0.3) is 0 Å². The van der Waals surface area contributed by atoms with Crippen LogP contribution in [0.2, 0.25) is 0 Å². The van der Waals surface area contributed by atoms with Crippen LogP contribution in [-0.4, -0.2) is 5.92 Å². The second-order valence-electron chi connectivity index (χ2n) is 10.7. The van der Waals surface area contributed by atoms with Gasteiger partial charge in [0.2, 0.25) is 0 Å². The summed E-state index contributed by atoms with van der Waals surface area (Å²) in [6.07, 6.45) is 18.5. The van der Waals surface area contributed by atoms with Gasteiger partial charge in [-0.25, -0.2) is 0 Å². The molecule has 2 aliphatic rings. The molecule has 0 aromatic heterocycles. The molecule has 32 heavy (non-hydrogen) atoms. The van der Waals surface area contributed by atoms with Gasteiger partial charge in [-0.15, -0.1) is 0 Å². The number of rotatable bonds is 10. The van der Waals surface area contributed by atoms with Crippen LogP contribution in [0.5, 0.6) is 0 Å². The molecular formula is C28H42F4. The number of halogens is 4. The topological polar surface area (TPSA) is 0 Å². The normalized spacial score (nSPS) is 27.4. The third kappa shape index (κ3) is 6.50. The molecule has 0 atom stereocenters. The molecule has 3 rings (SSSR count). The quantitative estimate of drug-likeness (QED) is 0.244. The second kappa shape index (κ2) is 11.4. The zero-order valence-electron chi connectivity index (χ0n) is 20.0. The number of benzene rings is 1. The number of alkyl halides is 4. The van der Waals surface area contributed by atoms with Crippen LogP contribution < -0.4 is 0 Å². The predicted molar refractivity (Wildman–Crippen MR) is 124 cm³/mol. The van der Waals surface area contributed by atoms with E-state index in [4.69, 9.17) is 0 Å². The average Bonchev–Trinajstić information content (AvgIpc) is 2.79. The summed E-state index contributed by atoms with van der Waals surface area (Å²) < 4.78 is 54.3. The van der Waals surface area contributed by atoms with E-state index < -0.39 is 17.4 Å². The highest BCUT2D eigenvalue weighted by Gasteiger charge is 2.53. The molecule has 4 heteroatoms. The fraction of sp³-hybridized carbons (Fsp3) is 0.786. The first-order valence-corrected chi connectivity index (χ1v) is 13.1. The van der Waals surface area contributed by atoms with E-state index in [0.29, 0.717) is 5.92 Å². The van der Waals surface area contributed by atoms with Crippen LogP contribution >= 0.6 is 0 Å². The Morgan fingerprint density at radius 2 is 1.25 bits per heavy atom. The summed E-state index contributed by atoms with van der Waals surface area (Å²) in [6, 6.07) is 5.68. The van der Waals surface area contributed by atoms with Crippen molar-refractivity contribution in [1.29, 1.82) is 0 Å². The zero-order chi connectivity index (χ0) is 23.2. The largest absolute Gasteiger partial charge is 0.335 e. The Bertz CT molecular complexity index is 660. The minimum Gasteiger partial charge on any atom is -0.200 e. The van der Waals surface area contributed by atoms with E-state index in [9.17, 15) is 17.6 Å². The molecule has 0 aliphatic heterocycles. The first-order chi connectivity index (χ1) is 15.2. The lowest BCUT2D eigenvalue weighted by molar-refractivity contribution is -0.204. The van der Waals surface area contributed by atoms with Crippen molar-refractivity contribution in [3.8, 4) is 0 Å². The average molecular weight is 455 g/mol. The smallest absolute Gasteiger partial charge is 0.200 e. The highest BCUT2D eigenvalue weighted by atomic mass is 19.3. The summed E-state index contributed by atoms with van der Waals surface area (Å²) >= 11 is 0. The molecular weight excluding hydrogens is 412 g/mol. The Kier molecular flexibility index (Phi) is 9.09. The monoisotopic (exact) mass is 454 g/mol. The van der Waals surface area contributed by atoms with Gasteiger partial charge in [0.25, 0.3) is 0 Å². The van der Waals surface area contributed by atoms with E-state index in [2.05, 4.69) is 6.92 Å². The van der Waals surface area contributed by atoms with Crippen molar-refractivity contribution >= 4 is 0 Å². The van der Waals surface area contributed by atoms with Gasteiger partial charge in [0.1, 0.15) is 0 Å². The third-order valence-electron chi connectivity index (χ3n) is 8.34. The van der Waals surface area contributed by atoms with Crippen molar-refractivity contribution in [2.75, 3.05) is 0 Å². The van der Waals surface area contributed by atoms with Crippen LogP contribution in [-0.2, 0) is 5.92 Å². The van der Waals surface area contributed by atoms with Gasteiger partial charge in [0.05, 0.1) is 0 Å². The number of hydrogen-bond acceptors (Lipinski definition) is 0. The van der Waals surface area contributed by atoms with Gasteiger partial charge in [-0.1, -0.05) is 82.6 Å². The van der Waals surface area contributed by atoms with E-state index in [1.807, 2.05) is 0 Å². The molecule has 0 N–H and O–H groups in total. The van der Waals surface area contributed by atoms with E-state index in [0.717, 1.165) is 36.2 Å². The fourth-order valence-corrected chi connectivity index (χ4v) is 6.13. The number of unbranched alkanes of at least 4 members (excludes halogenated alkanes) is 4. The fourth-order valence-electron chi connectivity index (χ4n) is 6.13. The summed E-state index contributed by atoms with van der Waals surface area (Å²) in [5.41, 5.74) is 0.429. The van der Waals surface area contributed by atoms with Crippen LogP contribution in [0.4, 0.5) is 17.6 Å². The summed E-state index contributed by atoms with van der Waals surface area (Å²) in [5.74, 6) is -5.20. The first-order valence-electron chi connectivity index (χ1n) is 13.1. The summed E-state index contributed by atoms with van der Waals surface area (Å²) in [4.78, 5) is 0. The standard InChI is InChI=1S/C28H42F4/c1-3-4-5-6-7-8-21-9-11-22(12-10-21)23-13-15-24(16-14-23)25-17-19-26(20-18-25)28(31,32)27(2,29)30/h17-24H,3-16H2,1-2H3. The maximum atomic E-state index is 13.9. The molecule has 0 saturated heterocycles. The van der Waals surface area contributed by atoms with Crippen molar-refractivity contribution in [3.05, 3.63) is 35.4 Å². The molecule has 0 bridgehead atoms. The molecule has 1 aromatic carbocycles. The van der Waals surface area contributed by atoms with Crippen LogP contribution in [0, 0.1) is 17.8 Å². The van der Waals surface area contributed by atoms with Crippen LogP contribution in [0.1, 0.15) is 121 Å². The summed E-state index contributed by atoms with van der Waals surface area (Å²) in [5, 5.41) is 0. The molecule has 2 saturated carbocycles. The highest BCUT2D eigenvalue weighted by Crippen LogP contribution is 2.46. The van der Waals surface area contributed by atoms with Crippen molar-refractivity contribution in [2.24, 2.45) is 17.8 Å². The van der Waals surface area contributed by atoms with E-state index in [1.54, 1.807) is 12.1 Å². The van der Waals surface area contributed by atoms with E-state index >= 15 is 0 Å². The molecule has 0 nitrogen and oxygen atoms in total. The van der Waals surface area contributed by atoms with Gasteiger partial charge in [0, 0.05) is 12.5 Å². The Balaban J connectivity index is 1.41. The summed E-state index contributed by atoms with van der Waals surface area (Å²) in [7, 11) is 0. The second-order valence-corrected chi connectivity index (χ2v) is 10.7. The molecule has 0 unspecified atom stereocenters. The number of hydrogen-bond donors (Lipinski definition) is 0. The predicted octanol–water partition coefficient (Wildman–Crippen LogP) is 9.87. The van der Waals surface area contributed by atoms with Crippen LogP contribution in [0.15, 0.2) is 24.3 Å². The molecule has 0 amide bonds. The Morgan fingerprint density at radius 3 is 1.78 bits per heavy atom. The van der Waals surface area contributed by atoms with Gasteiger partial charge in [-0.3, -0.25) is 0 Å². The van der Waals surface area contributed by atoms with Gasteiger partial charge in [0.15, 0.2) is 0 Å². The lowest BCUT2D eigenvalue weighted by atomic mass is 9.68. The SMILES string of the molecule is CCCCCCCC1CCC(C2CCC(c3ccc(C(F)(F)C(C)(F)F)cc3)CC2)CC1. The molecule has 0 radical (unpaired) electrons. The molecule has 1 aromatic rings. The Morgan fingerprint density at radius 1 is 0.719 bits per heavy atom. The molecule has 0 heterocycles. The van der Waals surface area contributed by atoms with Crippen molar-refractivity contribution in [3.63, 3.8) is 0 Å². The van der Waals surface area contributed by atoms with E-state index in [-0.39, 0.29) is 6.92 Å². The minimum absolute atomic E-state index is 0.281. The highest BCUT2D eigenvalue weighted by molar-refractivity contribution is 5.29. The van der Waals surface area contributed by atoms with Crippen molar-refractivity contribution < 1.29 is 17.6 Å². The third-order valence-corrected chi connectivity index (χ3v) is 8.34. The molecule has 182 valence electrons.